The van der Waals surface area contributed by atoms with Crippen LogP contribution >= 0.6 is 12.2 Å². The number of aromatic nitrogens is 1. The molecule has 0 atom stereocenters. The molecule has 0 unspecified atom stereocenters. The van der Waals surface area contributed by atoms with Crippen LogP contribution in [0.3, 0.4) is 0 Å². The second-order valence-corrected chi connectivity index (χ2v) is 8.10. The first-order valence-corrected chi connectivity index (χ1v) is 11.1. The number of rotatable bonds is 4. The molecule has 1 aromatic heterocycles. The van der Waals surface area contributed by atoms with Gasteiger partial charge in [0.15, 0.2) is 10.7 Å². The molecule has 1 amide bonds. The van der Waals surface area contributed by atoms with E-state index < -0.39 is 0 Å². The summed E-state index contributed by atoms with van der Waals surface area (Å²) in [5, 5.41) is 7.95. The maximum Gasteiger partial charge on any atom is 0.258 e. The molecule has 0 aliphatic carbocycles. The lowest BCUT2D eigenvalue weighted by Crippen LogP contribution is -2.34. The number of nitrogens with one attached hydrogen (secondary N) is 2. The first-order chi connectivity index (χ1) is 16.1. The summed E-state index contributed by atoms with van der Waals surface area (Å²) in [6, 6.07) is 27.0. The zero-order valence-corrected chi connectivity index (χ0v) is 18.8. The molecule has 162 valence electrons. The van der Waals surface area contributed by atoms with Crippen LogP contribution in [-0.4, -0.2) is 16.0 Å². The Morgan fingerprint density at radius 3 is 2.67 bits per heavy atom. The quantitative estimate of drug-likeness (QED) is 0.312. The summed E-state index contributed by atoms with van der Waals surface area (Å²) < 4.78 is 5.94. The third kappa shape index (κ3) is 4.33. The highest BCUT2D eigenvalue weighted by molar-refractivity contribution is 7.80. The van der Waals surface area contributed by atoms with Crippen molar-refractivity contribution >= 4 is 50.8 Å². The molecule has 2 N–H and O–H groups in total. The van der Waals surface area contributed by atoms with Crippen LogP contribution in [0.4, 0.5) is 5.69 Å². The van der Waals surface area contributed by atoms with E-state index in [1.165, 1.54) is 5.56 Å². The molecule has 4 aromatic carbocycles. The molecule has 1 heterocycles. The number of aryl methyl sites for hydroxylation is 1. The van der Waals surface area contributed by atoms with E-state index in [-0.39, 0.29) is 11.0 Å². The van der Waals surface area contributed by atoms with E-state index in [0.29, 0.717) is 11.5 Å². The molecular weight excluding hydrogens is 430 g/mol. The number of carbonyl (C=O) groups is 1. The monoisotopic (exact) mass is 451 g/mol. The minimum atomic E-state index is -0.258. The van der Waals surface area contributed by atoms with Crippen molar-refractivity contribution in [1.82, 2.24) is 10.3 Å². The van der Waals surface area contributed by atoms with E-state index in [1.54, 1.807) is 6.07 Å². The van der Waals surface area contributed by atoms with Crippen molar-refractivity contribution in [2.75, 3.05) is 5.32 Å². The van der Waals surface area contributed by atoms with Gasteiger partial charge in [-0.3, -0.25) is 10.1 Å². The summed E-state index contributed by atoms with van der Waals surface area (Å²) in [6.07, 6.45) is 0.944. The SMILES string of the molecule is CCc1ccc2oc(-c3cccc(NC(=S)NC(=O)c4cccc5ccccc45)c3)nc2c1. The fraction of sp³-hybridized carbons (Fsp3) is 0.0741. The van der Waals surface area contributed by atoms with Crippen LogP contribution in [0.25, 0.3) is 33.3 Å². The molecular formula is C27H21N3O2S. The minimum absolute atomic E-state index is 0.218. The van der Waals surface area contributed by atoms with Crippen molar-refractivity contribution in [3.05, 3.63) is 96.1 Å². The molecule has 0 saturated carbocycles. The first kappa shape index (κ1) is 20.8. The van der Waals surface area contributed by atoms with E-state index in [9.17, 15) is 4.79 Å². The van der Waals surface area contributed by atoms with Gasteiger partial charge in [0.25, 0.3) is 5.91 Å². The Kier molecular flexibility index (Phi) is 5.59. The molecule has 5 aromatic rings. The standard InChI is InChI=1S/C27H21N3O2S/c1-2-17-13-14-24-23(15-17)29-26(32-24)19-9-5-10-20(16-19)28-27(33)30-25(31)22-12-6-8-18-7-3-4-11-21(18)22/h3-16H,2H2,1H3,(H2,28,30,31,33). The number of carbonyl (C=O) groups excluding carboxylic acids is 1. The van der Waals surface area contributed by atoms with Crippen molar-refractivity contribution in [2.45, 2.75) is 13.3 Å². The van der Waals surface area contributed by atoms with Crippen molar-refractivity contribution in [3.8, 4) is 11.5 Å². The molecule has 5 nitrogen and oxygen atoms in total. The van der Waals surface area contributed by atoms with Gasteiger partial charge in [0.05, 0.1) is 0 Å². The Morgan fingerprint density at radius 1 is 0.970 bits per heavy atom. The zero-order chi connectivity index (χ0) is 22.8. The number of thiocarbonyl (C=S) groups is 1. The largest absolute Gasteiger partial charge is 0.436 e. The number of fused-ring (bicyclic) bond motifs is 2. The number of anilines is 1. The molecule has 0 fully saturated rings. The van der Waals surface area contributed by atoms with Crippen LogP contribution in [-0.2, 0) is 6.42 Å². The fourth-order valence-corrected chi connectivity index (χ4v) is 4.01. The smallest absolute Gasteiger partial charge is 0.258 e. The van der Waals surface area contributed by atoms with Gasteiger partial charge in [-0.1, -0.05) is 55.5 Å². The number of amides is 1. The average Bonchev–Trinajstić information content (AvgIpc) is 3.27. The number of oxazole rings is 1. The van der Waals surface area contributed by atoms with Crippen molar-refractivity contribution in [3.63, 3.8) is 0 Å². The Bertz CT molecular complexity index is 1500. The van der Waals surface area contributed by atoms with Crippen LogP contribution in [0.2, 0.25) is 0 Å². The van der Waals surface area contributed by atoms with Gasteiger partial charge in [-0.2, -0.15) is 0 Å². The zero-order valence-electron chi connectivity index (χ0n) is 18.0. The summed E-state index contributed by atoms with van der Waals surface area (Å²) in [5.41, 5.74) is 4.91. The molecule has 0 saturated heterocycles. The van der Waals surface area contributed by atoms with Crippen LogP contribution < -0.4 is 10.6 Å². The maximum absolute atomic E-state index is 12.8. The maximum atomic E-state index is 12.8. The summed E-state index contributed by atoms with van der Waals surface area (Å²) in [6.45, 7) is 2.11. The predicted molar refractivity (Wildman–Crippen MR) is 136 cm³/mol. The summed E-state index contributed by atoms with van der Waals surface area (Å²) in [7, 11) is 0. The second kappa shape index (κ2) is 8.84. The van der Waals surface area contributed by atoms with Gasteiger partial charge in [0, 0.05) is 16.8 Å². The van der Waals surface area contributed by atoms with Gasteiger partial charge < -0.3 is 9.73 Å². The van der Waals surface area contributed by atoms with Gasteiger partial charge in [0.1, 0.15) is 5.52 Å². The molecule has 0 aliphatic heterocycles. The van der Waals surface area contributed by atoms with Crippen molar-refractivity contribution in [2.24, 2.45) is 0 Å². The van der Waals surface area contributed by atoms with Crippen LogP contribution in [0.15, 0.2) is 89.3 Å². The van der Waals surface area contributed by atoms with Crippen LogP contribution in [0.1, 0.15) is 22.8 Å². The van der Waals surface area contributed by atoms with Gasteiger partial charge in [-0.15, -0.1) is 0 Å². The van der Waals surface area contributed by atoms with Gasteiger partial charge in [-0.05, 0) is 71.4 Å². The molecule has 6 heteroatoms. The topological polar surface area (TPSA) is 67.2 Å². The Balaban J connectivity index is 1.33. The van der Waals surface area contributed by atoms with Gasteiger partial charge >= 0.3 is 0 Å². The average molecular weight is 452 g/mol. The highest BCUT2D eigenvalue weighted by atomic mass is 32.1. The Morgan fingerprint density at radius 2 is 1.79 bits per heavy atom. The fourth-order valence-electron chi connectivity index (χ4n) is 3.80. The lowest BCUT2D eigenvalue weighted by Gasteiger charge is -2.11. The number of hydrogen-bond donors (Lipinski definition) is 2. The minimum Gasteiger partial charge on any atom is -0.436 e. The molecule has 0 spiro atoms. The van der Waals surface area contributed by atoms with Crippen molar-refractivity contribution in [1.29, 1.82) is 0 Å². The lowest BCUT2D eigenvalue weighted by atomic mass is 10.0. The summed E-state index contributed by atoms with van der Waals surface area (Å²) in [4.78, 5) is 17.5. The molecule has 0 aliphatic rings. The van der Waals surface area contributed by atoms with E-state index in [1.807, 2.05) is 78.9 Å². The van der Waals surface area contributed by atoms with Gasteiger partial charge in [0.2, 0.25) is 5.89 Å². The number of hydrogen-bond acceptors (Lipinski definition) is 4. The molecule has 0 radical (unpaired) electrons. The number of nitrogens with zero attached hydrogens (tertiary/aromatic N) is 1. The molecule has 0 bridgehead atoms. The Hall–Kier alpha value is -4.03. The Labute approximate surface area is 196 Å². The van der Waals surface area contributed by atoms with Crippen LogP contribution in [0.5, 0.6) is 0 Å². The molecule has 5 rings (SSSR count). The third-order valence-electron chi connectivity index (χ3n) is 5.49. The van der Waals surface area contributed by atoms with Crippen molar-refractivity contribution < 1.29 is 9.21 Å². The molecule has 33 heavy (non-hydrogen) atoms. The van der Waals surface area contributed by atoms with Crippen LogP contribution in [0, 0.1) is 0 Å². The van der Waals surface area contributed by atoms with E-state index in [4.69, 9.17) is 16.6 Å². The summed E-state index contributed by atoms with van der Waals surface area (Å²) in [5.74, 6) is 0.277. The van der Waals surface area contributed by atoms with E-state index in [2.05, 4.69) is 22.5 Å². The number of benzene rings is 4. The van der Waals surface area contributed by atoms with E-state index in [0.717, 1.165) is 39.5 Å². The first-order valence-electron chi connectivity index (χ1n) is 10.7. The van der Waals surface area contributed by atoms with Gasteiger partial charge in [-0.25, -0.2) is 4.98 Å². The highest BCUT2D eigenvalue weighted by Gasteiger charge is 2.13. The second-order valence-electron chi connectivity index (χ2n) is 7.69. The normalized spacial score (nSPS) is 10.9. The van der Waals surface area contributed by atoms with E-state index >= 15 is 0 Å². The third-order valence-corrected chi connectivity index (χ3v) is 5.69. The highest BCUT2D eigenvalue weighted by Crippen LogP contribution is 2.27. The lowest BCUT2D eigenvalue weighted by molar-refractivity contribution is 0.0979. The predicted octanol–water partition coefficient (Wildman–Crippen LogP) is 6.34. The summed E-state index contributed by atoms with van der Waals surface area (Å²) >= 11 is 5.39.